The van der Waals surface area contributed by atoms with Gasteiger partial charge in [-0.1, -0.05) is 12.1 Å². The van der Waals surface area contributed by atoms with E-state index >= 15 is 0 Å². The highest BCUT2D eigenvalue weighted by molar-refractivity contribution is 6.06. The minimum absolute atomic E-state index is 0.0618. The topological polar surface area (TPSA) is 85.9 Å². The molecule has 2 aromatic rings. The molecule has 0 aliphatic rings. The van der Waals surface area contributed by atoms with E-state index in [-0.39, 0.29) is 22.9 Å². The zero-order chi connectivity index (χ0) is 12.3. The van der Waals surface area contributed by atoms with Crippen LogP contribution in [0.1, 0.15) is 26.7 Å². The van der Waals surface area contributed by atoms with Gasteiger partial charge in [0.15, 0.2) is 0 Å². The fraction of sp³-hybridized carbons (Fsp3) is 0. The predicted octanol–water partition coefficient (Wildman–Crippen LogP) is 0.806. The Morgan fingerprint density at radius 3 is 2.29 bits per heavy atom. The van der Waals surface area contributed by atoms with E-state index in [4.69, 9.17) is 5.73 Å². The number of hydrogen-bond donors (Lipinski definition) is 1. The highest BCUT2D eigenvalue weighted by Gasteiger charge is 2.13. The number of amides is 1. The molecule has 0 aromatic carbocycles. The number of nitrogens with zero attached hydrogens (tertiary/aromatic N) is 2. The van der Waals surface area contributed by atoms with E-state index in [0.29, 0.717) is 0 Å². The summed E-state index contributed by atoms with van der Waals surface area (Å²) in [6.07, 6.45) is 1.52. The molecule has 0 bridgehead atoms. The fourth-order valence-corrected chi connectivity index (χ4v) is 1.33. The minimum Gasteiger partial charge on any atom is -0.364 e. The van der Waals surface area contributed by atoms with E-state index in [1.165, 1.54) is 18.3 Å². The Kier molecular flexibility index (Phi) is 2.91. The number of aromatic nitrogens is 2. The Morgan fingerprint density at radius 1 is 0.941 bits per heavy atom. The maximum Gasteiger partial charge on any atom is 0.267 e. The highest BCUT2D eigenvalue weighted by Crippen LogP contribution is 2.05. The number of pyridine rings is 2. The van der Waals surface area contributed by atoms with E-state index in [2.05, 4.69) is 9.97 Å². The molecule has 0 radical (unpaired) electrons. The van der Waals surface area contributed by atoms with E-state index in [1.807, 2.05) is 0 Å². The first-order valence-electron chi connectivity index (χ1n) is 4.91. The van der Waals surface area contributed by atoms with Crippen molar-refractivity contribution in [3.05, 3.63) is 59.7 Å². The smallest absolute Gasteiger partial charge is 0.267 e. The molecule has 0 aliphatic heterocycles. The van der Waals surface area contributed by atoms with Gasteiger partial charge in [-0.3, -0.25) is 14.6 Å². The molecule has 2 heterocycles. The van der Waals surface area contributed by atoms with Crippen LogP contribution in [0.15, 0.2) is 42.6 Å². The summed E-state index contributed by atoms with van der Waals surface area (Å²) in [6.45, 7) is 0. The Balaban J connectivity index is 2.38. The molecule has 2 N–H and O–H groups in total. The van der Waals surface area contributed by atoms with Crippen LogP contribution in [0, 0.1) is 0 Å². The third-order valence-electron chi connectivity index (χ3n) is 2.13. The van der Waals surface area contributed by atoms with Crippen molar-refractivity contribution in [1.82, 2.24) is 9.97 Å². The number of primary amides is 1. The zero-order valence-corrected chi connectivity index (χ0v) is 8.83. The maximum atomic E-state index is 11.9. The standard InChI is InChI=1S/C12H9N3O2/c13-12(17)10-6-3-5-9(15-10)11(16)8-4-1-2-7-14-8/h1-7H,(H2,13,17). The molecule has 17 heavy (non-hydrogen) atoms. The normalized spacial score (nSPS) is 9.88. The summed E-state index contributed by atoms with van der Waals surface area (Å²) >= 11 is 0. The molecule has 0 aliphatic carbocycles. The number of carbonyl (C=O) groups is 2. The van der Waals surface area contributed by atoms with Crippen LogP contribution < -0.4 is 5.73 Å². The Hall–Kier alpha value is -2.56. The lowest BCUT2D eigenvalue weighted by Crippen LogP contribution is -2.15. The average molecular weight is 227 g/mol. The van der Waals surface area contributed by atoms with Gasteiger partial charge in [-0.2, -0.15) is 0 Å². The Morgan fingerprint density at radius 2 is 1.65 bits per heavy atom. The zero-order valence-electron chi connectivity index (χ0n) is 8.83. The van der Waals surface area contributed by atoms with Gasteiger partial charge in [0.05, 0.1) is 0 Å². The summed E-state index contributed by atoms with van der Waals surface area (Å²) in [5, 5.41) is 0. The quantitative estimate of drug-likeness (QED) is 0.786. The molecule has 5 heteroatoms. The lowest BCUT2D eigenvalue weighted by atomic mass is 10.1. The molecule has 84 valence electrons. The molecule has 0 spiro atoms. The van der Waals surface area contributed by atoms with Gasteiger partial charge in [-0.05, 0) is 24.3 Å². The summed E-state index contributed by atoms with van der Waals surface area (Å²) in [7, 11) is 0. The summed E-state index contributed by atoms with van der Waals surface area (Å²) in [6, 6.07) is 9.54. The van der Waals surface area contributed by atoms with Crippen LogP contribution in [-0.4, -0.2) is 21.7 Å². The molecule has 0 saturated heterocycles. The third kappa shape index (κ3) is 2.34. The van der Waals surface area contributed by atoms with Crippen LogP contribution in [0.5, 0.6) is 0 Å². The predicted molar refractivity (Wildman–Crippen MR) is 60.4 cm³/mol. The average Bonchev–Trinajstić information content (AvgIpc) is 2.39. The van der Waals surface area contributed by atoms with Crippen molar-refractivity contribution < 1.29 is 9.59 Å². The monoisotopic (exact) mass is 227 g/mol. The number of carbonyl (C=O) groups excluding carboxylic acids is 2. The summed E-state index contributed by atoms with van der Waals surface area (Å²) in [4.78, 5) is 30.7. The number of hydrogen-bond acceptors (Lipinski definition) is 4. The molecule has 5 nitrogen and oxygen atoms in total. The van der Waals surface area contributed by atoms with Crippen molar-refractivity contribution in [1.29, 1.82) is 0 Å². The van der Waals surface area contributed by atoms with Crippen molar-refractivity contribution in [3.63, 3.8) is 0 Å². The molecule has 0 saturated carbocycles. The first-order valence-corrected chi connectivity index (χ1v) is 4.91. The number of ketones is 1. The number of nitrogens with two attached hydrogens (primary N) is 1. The van der Waals surface area contributed by atoms with Crippen molar-refractivity contribution in [2.45, 2.75) is 0 Å². The second kappa shape index (κ2) is 4.52. The van der Waals surface area contributed by atoms with Crippen molar-refractivity contribution >= 4 is 11.7 Å². The van der Waals surface area contributed by atoms with Crippen LogP contribution in [0.25, 0.3) is 0 Å². The van der Waals surface area contributed by atoms with Crippen LogP contribution >= 0.6 is 0 Å². The minimum atomic E-state index is -0.666. The second-order valence-electron chi connectivity index (χ2n) is 3.32. The molecule has 2 aromatic heterocycles. The highest BCUT2D eigenvalue weighted by atomic mass is 16.1. The van der Waals surface area contributed by atoms with Gasteiger partial charge in [0.25, 0.3) is 5.91 Å². The van der Waals surface area contributed by atoms with E-state index in [0.717, 1.165) is 0 Å². The summed E-state index contributed by atoms with van der Waals surface area (Å²) in [5.74, 6) is -1.01. The Labute approximate surface area is 97.3 Å². The van der Waals surface area contributed by atoms with Gasteiger partial charge in [0.1, 0.15) is 17.1 Å². The first-order chi connectivity index (χ1) is 8.18. The van der Waals surface area contributed by atoms with Crippen molar-refractivity contribution in [3.8, 4) is 0 Å². The van der Waals surface area contributed by atoms with Gasteiger partial charge < -0.3 is 5.73 Å². The molecule has 0 fully saturated rings. The molecule has 1 amide bonds. The van der Waals surface area contributed by atoms with E-state index < -0.39 is 5.91 Å². The molecule has 0 unspecified atom stereocenters. The van der Waals surface area contributed by atoms with Gasteiger partial charge >= 0.3 is 0 Å². The van der Waals surface area contributed by atoms with Crippen LogP contribution in [-0.2, 0) is 0 Å². The van der Waals surface area contributed by atoms with Crippen molar-refractivity contribution in [2.24, 2.45) is 5.73 Å². The van der Waals surface area contributed by atoms with Crippen LogP contribution in [0.3, 0.4) is 0 Å². The molecule has 0 atom stereocenters. The van der Waals surface area contributed by atoms with E-state index in [9.17, 15) is 9.59 Å². The van der Waals surface area contributed by atoms with Gasteiger partial charge in [-0.15, -0.1) is 0 Å². The van der Waals surface area contributed by atoms with E-state index in [1.54, 1.807) is 24.3 Å². The van der Waals surface area contributed by atoms with Crippen LogP contribution in [0.4, 0.5) is 0 Å². The SMILES string of the molecule is NC(=O)c1cccc(C(=O)c2ccccn2)n1. The van der Waals surface area contributed by atoms with Gasteiger partial charge in [0.2, 0.25) is 5.78 Å². The third-order valence-corrected chi connectivity index (χ3v) is 2.13. The van der Waals surface area contributed by atoms with Crippen LogP contribution in [0.2, 0.25) is 0 Å². The lowest BCUT2D eigenvalue weighted by Gasteiger charge is -2.00. The molecular formula is C12H9N3O2. The summed E-state index contributed by atoms with van der Waals surface area (Å²) < 4.78 is 0. The second-order valence-corrected chi connectivity index (χ2v) is 3.32. The molecular weight excluding hydrogens is 218 g/mol. The van der Waals surface area contributed by atoms with Crippen molar-refractivity contribution in [2.75, 3.05) is 0 Å². The largest absolute Gasteiger partial charge is 0.364 e. The fourth-order valence-electron chi connectivity index (χ4n) is 1.33. The number of rotatable bonds is 3. The maximum absolute atomic E-state index is 11.9. The Bertz CT molecular complexity index is 567. The van der Waals surface area contributed by atoms with Gasteiger partial charge in [-0.25, -0.2) is 4.98 Å². The summed E-state index contributed by atoms with van der Waals surface area (Å²) in [5.41, 5.74) is 5.59. The first kappa shape index (κ1) is 10.9. The lowest BCUT2D eigenvalue weighted by molar-refractivity contribution is 0.0995. The molecule has 2 rings (SSSR count). The van der Waals surface area contributed by atoms with Gasteiger partial charge in [0, 0.05) is 6.20 Å².